The van der Waals surface area contributed by atoms with E-state index in [4.69, 9.17) is 9.26 Å². The summed E-state index contributed by atoms with van der Waals surface area (Å²) in [4.78, 5) is 35.5. The molecule has 0 unspecified atom stereocenters. The number of hydrogen-bond acceptors (Lipinski definition) is 8. The first-order valence-electron chi connectivity index (χ1n) is 11.2. The maximum atomic E-state index is 12.6. The van der Waals surface area contributed by atoms with E-state index in [9.17, 15) is 9.59 Å². The van der Waals surface area contributed by atoms with Crippen molar-refractivity contribution in [3.63, 3.8) is 0 Å². The highest BCUT2D eigenvalue weighted by atomic mass is 16.6. The summed E-state index contributed by atoms with van der Waals surface area (Å²) in [6.45, 7) is 12.9. The molecule has 1 aliphatic rings. The van der Waals surface area contributed by atoms with Crippen LogP contribution < -0.4 is 10.6 Å². The number of carbonyl (C=O) groups is 2. The molecule has 0 saturated carbocycles. The second kappa shape index (κ2) is 9.86. The van der Waals surface area contributed by atoms with Gasteiger partial charge in [0.05, 0.1) is 6.54 Å². The van der Waals surface area contributed by atoms with Gasteiger partial charge in [0.15, 0.2) is 5.82 Å². The highest BCUT2D eigenvalue weighted by molar-refractivity contribution is 5.91. The number of ether oxygens (including phenoxy) is 1. The summed E-state index contributed by atoms with van der Waals surface area (Å²) in [5.41, 5.74) is -0.389. The van der Waals surface area contributed by atoms with E-state index in [0.29, 0.717) is 24.1 Å². The predicted octanol–water partition coefficient (Wildman–Crippen LogP) is 3.38. The van der Waals surface area contributed by atoms with Crippen LogP contribution in [0.15, 0.2) is 22.9 Å². The van der Waals surface area contributed by atoms with Crippen molar-refractivity contribution < 1.29 is 18.8 Å². The fourth-order valence-electron chi connectivity index (χ4n) is 3.56. The molecule has 0 spiro atoms. The van der Waals surface area contributed by atoms with Gasteiger partial charge in [0, 0.05) is 12.1 Å². The molecule has 2 amide bonds. The fourth-order valence-corrected chi connectivity index (χ4v) is 3.56. The Kier molecular flexibility index (Phi) is 7.36. The van der Waals surface area contributed by atoms with Gasteiger partial charge in [0.2, 0.25) is 11.8 Å². The Bertz CT molecular complexity index is 973. The third kappa shape index (κ3) is 7.24. The Morgan fingerprint density at radius 1 is 1.21 bits per heavy atom. The Labute approximate surface area is 194 Å². The summed E-state index contributed by atoms with van der Waals surface area (Å²) in [6.07, 6.45) is 2.63. The number of hydrogen-bond donors (Lipinski definition) is 2. The Balaban J connectivity index is 1.49. The number of nitrogens with one attached hydrogen (secondary N) is 2. The van der Waals surface area contributed by atoms with Crippen molar-refractivity contribution in [3.8, 4) is 0 Å². The van der Waals surface area contributed by atoms with Crippen LogP contribution in [-0.2, 0) is 21.6 Å². The molecule has 0 radical (unpaired) electrons. The lowest BCUT2D eigenvalue weighted by Crippen LogP contribution is -2.44. The van der Waals surface area contributed by atoms with Gasteiger partial charge >= 0.3 is 6.09 Å². The maximum Gasteiger partial charge on any atom is 0.408 e. The van der Waals surface area contributed by atoms with Crippen molar-refractivity contribution in [2.24, 2.45) is 5.92 Å². The molecular formula is C23H34N6O4. The fraction of sp³-hybridized carbons (Fsp3) is 0.609. The molecule has 2 aromatic heterocycles. The largest absolute Gasteiger partial charge is 0.444 e. The van der Waals surface area contributed by atoms with Gasteiger partial charge in [0.1, 0.15) is 17.0 Å². The van der Waals surface area contributed by atoms with E-state index in [0.717, 1.165) is 31.5 Å². The van der Waals surface area contributed by atoms with E-state index in [2.05, 4.69) is 30.7 Å². The lowest BCUT2D eigenvalue weighted by Gasteiger charge is -2.30. The second-order valence-corrected chi connectivity index (χ2v) is 10.0. The predicted molar refractivity (Wildman–Crippen MR) is 122 cm³/mol. The molecule has 1 aliphatic heterocycles. The number of aromatic nitrogens is 3. The van der Waals surface area contributed by atoms with Crippen molar-refractivity contribution in [1.82, 2.24) is 25.3 Å². The number of nitrogens with zero attached hydrogens (tertiary/aromatic N) is 4. The zero-order valence-electron chi connectivity index (χ0n) is 20.3. The monoisotopic (exact) mass is 458 g/mol. The van der Waals surface area contributed by atoms with Gasteiger partial charge in [-0.2, -0.15) is 4.98 Å². The topological polar surface area (TPSA) is 122 Å². The highest BCUT2D eigenvalue weighted by Gasteiger charge is 2.32. The zero-order chi connectivity index (χ0) is 24.2. The minimum Gasteiger partial charge on any atom is -0.444 e. The highest BCUT2D eigenvalue weighted by Crippen LogP contribution is 2.22. The van der Waals surface area contributed by atoms with Crippen LogP contribution in [0.2, 0.25) is 0 Å². The van der Waals surface area contributed by atoms with Crippen molar-refractivity contribution in [2.75, 3.05) is 18.4 Å². The molecule has 1 saturated heterocycles. The number of pyridine rings is 1. The summed E-state index contributed by atoms with van der Waals surface area (Å²) < 4.78 is 10.7. The van der Waals surface area contributed by atoms with Crippen LogP contribution in [0.25, 0.3) is 0 Å². The number of anilines is 1. The van der Waals surface area contributed by atoms with E-state index < -0.39 is 17.2 Å². The lowest BCUT2D eigenvalue weighted by atomic mass is 9.96. The molecule has 0 aliphatic carbocycles. The molecule has 0 bridgehead atoms. The molecule has 2 aromatic rings. The first-order chi connectivity index (χ1) is 15.4. The first-order valence-corrected chi connectivity index (χ1v) is 11.2. The van der Waals surface area contributed by atoms with Gasteiger partial charge in [-0.1, -0.05) is 5.16 Å². The number of rotatable bonds is 6. The smallest absolute Gasteiger partial charge is 0.408 e. The number of amides is 2. The van der Waals surface area contributed by atoms with Crippen molar-refractivity contribution in [1.29, 1.82) is 0 Å². The molecule has 3 heterocycles. The molecule has 10 heteroatoms. The Hall–Kier alpha value is -3.01. The SMILES string of the molecule is Cc1ccnc(NC(=O)C2CCN(Cc3nc(C(C)(C)NC(=O)OC(C)(C)C)no3)CC2)c1. The van der Waals surface area contributed by atoms with E-state index in [1.807, 2.05) is 19.1 Å². The number of piperidine rings is 1. The maximum absolute atomic E-state index is 12.6. The number of aryl methyl sites for hydroxylation is 1. The van der Waals surface area contributed by atoms with Crippen LogP contribution >= 0.6 is 0 Å². The van der Waals surface area contributed by atoms with Crippen LogP contribution in [-0.4, -0.2) is 50.7 Å². The van der Waals surface area contributed by atoms with Crippen LogP contribution in [0, 0.1) is 12.8 Å². The van der Waals surface area contributed by atoms with E-state index in [1.165, 1.54) is 0 Å². The quantitative estimate of drug-likeness (QED) is 0.675. The summed E-state index contributed by atoms with van der Waals surface area (Å²) >= 11 is 0. The van der Waals surface area contributed by atoms with Gasteiger partial charge in [-0.3, -0.25) is 9.69 Å². The summed E-state index contributed by atoms with van der Waals surface area (Å²) in [7, 11) is 0. The molecule has 10 nitrogen and oxygen atoms in total. The third-order valence-corrected chi connectivity index (χ3v) is 5.32. The van der Waals surface area contributed by atoms with Gasteiger partial charge in [0.25, 0.3) is 0 Å². The van der Waals surface area contributed by atoms with E-state index in [-0.39, 0.29) is 11.8 Å². The molecular weight excluding hydrogens is 424 g/mol. The molecule has 180 valence electrons. The minimum absolute atomic E-state index is 0.00259. The molecule has 33 heavy (non-hydrogen) atoms. The van der Waals surface area contributed by atoms with E-state index >= 15 is 0 Å². The number of likely N-dealkylation sites (tertiary alicyclic amines) is 1. The average Bonchev–Trinajstić information content (AvgIpc) is 3.16. The Morgan fingerprint density at radius 3 is 2.55 bits per heavy atom. The van der Waals surface area contributed by atoms with E-state index in [1.54, 1.807) is 40.8 Å². The van der Waals surface area contributed by atoms with Gasteiger partial charge in [-0.05, 0) is 85.2 Å². The van der Waals surface area contributed by atoms with Crippen molar-refractivity contribution in [2.45, 2.75) is 72.1 Å². The van der Waals surface area contributed by atoms with Gasteiger partial charge in [-0.25, -0.2) is 9.78 Å². The second-order valence-electron chi connectivity index (χ2n) is 10.0. The lowest BCUT2D eigenvalue weighted by molar-refractivity contribution is -0.121. The summed E-state index contributed by atoms with van der Waals surface area (Å²) in [5, 5.41) is 9.74. The van der Waals surface area contributed by atoms with Crippen LogP contribution in [0.4, 0.5) is 10.6 Å². The molecule has 3 rings (SSSR count). The number of alkyl carbamates (subject to hydrolysis) is 1. The number of carbonyl (C=O) groups excluding carboxylic acids is 2. The standard InChI is InChI=1S/C23H34N6O4/c1-15-7-10-24-17(13-15)25-19(30)16-8-11-29(12-9-16)14-18-26-20(28-33-18)23(5,6)27-21(31)32-22(2,3)4/h7,10,13,16H,8-9,11-12,14H2,1-6H3,(H,27,31)(H,24,25,30). The van der Waals surface area contributed by atoms with Crippen LogP contribution in [0.5, 0.6) is 0 Å². The molecule has 0 aromatic carbocycles. The van der Waals surface area contributed by atoms with Gasteiger partial charge < -0.3 is 19.9 Å². The summed E-state index contributed by atoms with van der Waals surface area (Å²) in [6, 6.07) is 3.76. The molecule has 1 fully saturated rings. The molecule has 0 atom stereocenters. The van der Waals surface area contributed by atoms with Crippen LogP contribution in [0.1, 0.15) is 64.7 Å². The average molecular weight is 459 g/mol. The normalized spacial score (nSPS) is 15.8. The first kappa shape index (κ1) is 24.6. The minimum atomic E-state index is -0.848. The molecule has 2 N–H and O–H groups in total. The van der Waals surface area contributed by atoms with Crippen molar-refractivity contribution >= 4 is 17.8 Å². The third-order valence-electron chi connectivity index (χ3n) is 5.32. The zero-order valence-corrected chi connectivity index (χ0v) is 20.3. The Morgan fingerprint density at radius 2 is 1.91 bits per heavy atom. The summed E-state index contributed by atoms with van der Waals surface area (Å²) in [5.74, 6) is 1.38. The van der Waals surface area contributed by atoms with Crippen molar-refractivity contribution in [3.05, 3.63) is 35.6 Å². The van der Waals surface area contributed by atoms with Crippen LogP contribution in [0.3, 0.4) is 0 Å². The van der Waals surface area contributed by atoms with Gasteiger partial charge in [-0.15, -0.1) is 0 Å².